The number of morpholine rings is 1. The Morgan fingerprint density at radius 3 is 2.62 bits per heavy atom. The first-order valence-electron chi connectivity index (χ1n) is 8.36. The number of carbonyl (C=O) groups excluding carboxylic acids is 2. The number of hydrogen-bond acceptors (Lipinski definition) is 5. The van der Waals surface area contributed by atoms with Crippen LogP contribution in [0.1, 0.15) is 26.3 Å². The van der Waals surface area contributed by atoms with Gasteiger partial charge in [-0.15, -0.1) is 0 Å². The van der Waals surface area contributed by atoms with E-state index in [1.807, 2.05) is 19.1 Å². The van der Waals surface area contributed by atoms with E-state index in [4.69, 9.17) is 9.47 Å². The lowest BCUT2D eigenvalue weighted by molar-refractivity contribution is 0.0302. The summed E-state index contributed by atoms with van der Waals surface area (Å²) >= 11 is 0. The van der Waals surface area contributed by atoms with Gasteiger partial charge in [-0.3, -0.25) is 14.6 Å². The molecule has 1 aliphatic rings. The number of aromatic nitrogens is 1. The number of carbonyl (C=O) groups is 2. The minimum atomic E-state index is -0.349. The van der Waals surface area contributed by atoms with Crippen LogP contribution in [0.2, 0.25) is 0 Å². The summed E-state index contributed by atoms with van der Waals surface area (Å²) in [4.78, 5) is 30.9. The van der Waals surface area contributed by atoms with Crippen LogP contribution in [-0.4, -0.2) is 55.1 Å². The average Bonchev–Trinajstić information content (AvgIpc) is 2.68. The number of aryl methyl sites for hydroxylation is 1. The molecule has 7 heteroatoms. The van der Waals surface area contributed by atoms with Crippen LogP contribution in [0.5, 0.6) is 5.75 Å². The fourth-order valence-corrected chi connectivity index (χ4v) is 2.74. The molecule has 2 amide bonds. The molecule has 1 N–H and O–H groups in total. The molecule has 0 atom stereocenters. The van der Waals surface area contributed by atoms with E-state index >= 15 is 0 Å². The van der Waals surface area contributed by atoms with E-state index in [2.05, 4.69) is 10.3 Å². The van der Waals surface area contributed by atoms with E-state index in [-0.39, 0.29) is 11.8 Å². The molecule has 1 fully saturated rings. The van der Waals surface area contributed by atoms with Crippen LogP contribution in [0, 0.1) is 6.92 Å². The first kappa shape index (κ1) is 17.9. The number of anilines is 1. The Morgan fingerprint density at radius 2 is 1.88 bits per heavy atom. The van der Waals surface area contributed by atoms with Crippen molar-refractivity contribution in [2.45, 2.75) is 6.92 Å². The SMILES string of the molecule is COc1ccc(C)cc1NC(=O)c1cncc(C(=O)N2CCOCC2)c1. The molecule has 0 radical (unpaired) electrons. The topological polar surface area (TPSA) is 80.8 Å². The number of nitrogens with zero attached hydrogens (tertiary/aromatic N) is 2. The Morgan fingerprint density at radius 1 is 1.15 bits per heavy atom. The molecule has 1 aliphatic heterocycles. The van der Waals surface area contributed by atoms with Gasteiger partial charge in [0, 0.05) is 25.5 Å². The van der Waals surface area contributed by atoms with Crippen LogP contribution in [-0.2, 0) is 4.74 Å². The zero-order chi connectivity index (χ0) is 18.5. The number of methoxy groups -OCH3 is 1. The predicted octanol–water partition coefficient (Wildman–Crippen LogP) is 2.12. The molecule has 2 aromatic rings. The highest BCUT2D eigenvalue weighted by Crippen LogP contribution is 2.25. The number of hydrogen-bond donors (Lipinski definition) is 1. The fraction of sp³-hybridized carbons (Fsp3) is 0.316. The van der Waals surface area contributed by atoms with Gasteiger partial charge in [0.25, 0.3) is 11.8 Å². The lowest BCUT2D eigenvalue weighted by Gasteiger charge is -2.26. The minimum Gasteiger partial charge on any atom is -0.495 e. The molecule has 2 heterocycles. The molecule has 7 nitrogen and oxygen atoms in total. The Kier molecular flexibility index (Phi) is 5.48. The van der Waals surface area contributed by atoms with Crippen molar-refractivity contribution in [3.05, 3.63) is 53.3 Å². The number of ether oxygens (including phenoxy) is 2. The minimum absolute atomic E-state index is 0.149. The van der Waals surface area contributed by atoms with Crippen molar-refractivity contribution in [2.24, 2.45) is 0 Å². The van der Waals surface area contributed by atoms with Crippen molar-refractivity contribution in [3.63, 3.8) is 0 Å². The van der Waals surface area contributed by atoms with Crippen molar-refractivity contribution < 1.29 is 19.1 Å². The van der Waals surface area contributed by atoms with Crippen molar-refractivity contribution in [1.29, 1.82) is 0 Å². The third-order valence-corrected chi connectivity index (χ3v) is 4.15. The maximum absolute atomic E-state index is 12.6. The van der Waals surface area contributed by atoms with Crippen molar-refractivity contribution in [3.8, 4) is 5.75 Å². The quantitative estimate of drug-likeness (QED) is 0.909. The highest BCUT2D eigenvalue weighted by atomic mass is 16.5. The molecule has 1 saturated heterocycles. The maximum Gasteiger partial charge on any atom is 0.257 e. The van der Waals surface area contributed by atoms with Gasteiger partial charge >= 0.3 is 0 Å². The molecular weight excluding hydrogens is 334 g/mol. The van der Waals surface area contributed by atoms with Crippen molar-refractivity contribution >= 4 is 17.5 Å². The van der Waals surface area contributed by atoms with E-state index < -0.39 is 0 Å². The Hall–Kier alpha value is -2.93. The number of nitrogens with one attached hydrogen (secondary N) is 1. The van der Waals surface area contributed by atoms with Crippen molar-refractivity contribution in [1.82, 2.24) is 9.88 Å². The van der Waals surface area contributed by atoms with Gasteiger partial charge in [-0.05, 0) is 30.7 Å². The second-order valence-corrected chi connectivity index (χ2v) is 6.02. The van der Waals surface area contributed by atoms with Gasteiger partial charge < -0.3 is 19.7 Å². The smallest absolute Gasteiger partial charge is 0.257 e. The highest BCUT2D eigenvalue weighted by molar-refractivity contribution is 6.06. The zero-order valence-corrected chi connectivity index (χ0v) is 14.8. The second-order valence-electron chi connectivity index (χ2n) is 6.02. The molecule has 0 spiro atoms. The van der Waals surface area contributed by atoms with Crippen LogP contribution < -0.4 is 10.1 Å². The fourth-order valence-electron chi connectivity index (χ4n) is 2.74. The molecule has 0 bridgehead atoms. The van der Waals surface area contributed by atoms with Gasteiger partial charge in [0.15, 0.2) is 0 Å². The zero-order valence-electron chi connectivity index (χ0n) is 14.8. The van der Waals surface area contributed by atoms with Gasteiger partial charge in [-0.1, -0.05) is 6.07 Å². The summed E-state index contributed by atoms with van der Waals surface area (Å²) in [7, 11) is 1.55. The highest BCUT2D eigenvalue weighted by Gasteiger charge is 2.20. The lowest BCUT2D eigenvalue weighted by Crippen LogP contribution is -2.40. The molecule has 3 rings (SSSR count). The average molecular weight is 355 g/mol. The first-order chi connectivity index (χ1) is 12.6. The van der Waals surface area contributed by atoms with Gasteiger partial charge in [0.2, 0.25) is 0 Å². The van der Waals surface area contributed by atoms with Gasteiger partial charge in [-0.2, -0.15) is 0 Å². The Balaban J connectivity index is 1.78. The van der Waals surface area contributed by atoms with Crippen LogP contribution in [0.3, 0.4) is 0 Å². The molecule has 136 valence electrons. The van der Waals surface area contributed by atoms with Crippen molar-refractivity contribution in [2.75, 3.05) is 38.7 Å². The number of rotatable bonds is 4. The molecule has 26 heavy (non-hydrogen) atoms. The molecule has 1 aromatic carbocycles. The Bertz CT molecular complexity index is 816. The first-order valence-corrected chi connectivity index (χ1v) is 8.36. The summed E-state index contributed by atoms with van der Waals surface area (Å²) in [6.07, 6.45) is 2.91. The maximum atomic E-state index is 12.6. The number of amides is 2. The summed E-state index contributed by atoms with van der Waals surface area (Å²) < 4.78 is 10.5. The molecule has 0 saturated carbocycles. The normalized spacial score (nSPS) is 14.0. The number of benzene rings is 1. The number of pyridine rings is 1. The second kappa shape index (κ2) is 7.97. The van der Waals surface area contributed by atoms with E-state index in [1.165, 1.54) is 12.4 Å². The van der Waals surface area contributed by atoms with E-state index in [0.717, 1.165) is 5.56 Å². The molecular formula is C19H21N3O4. The van der Waals surface area contributed by atoms with E-state index in [1.54, 1.807) is 24.1 Å². The standard InChI is InChI=1S/C19H21N3O4/c1-13-3-4-17(25-2)16(9-13)21-18(23)14-10-15(12-20-11-14)19(24)22-5-7-26-8-6-22/h3-4,9-12H,5-8H2,1-2H3,(H,21,23). The Labute approximate surface area is 151 Å². The third-order valence-electron chi connectivity index (χ3n) is 4.15. The molecule has 1 aromatic heterocycles. The third kappa shape index (κ3) is 4.00. The van der Waals surface area contributed by atoms with Crippen LogP contribution in [0.4, 0.5) is 5.69 Å². The summed E-state index contributed by atoms with van der Waals surface area (Å²) in [5.74, 6) is 0.0686. The summed E-state index contributed by atoms with van der Waals surface area (Å²) in [6.45, 7) is 4.04. The monoisotopic (exact) mass is 355 g/mol. The van der Waals surface area contributed by atoms with Crippen LogP contribution >= 0.6 is 0 Å². The largest absolute Gasteiger partial charge is 0.495 e. The lowest BCUT2D eigenvalue weighted by atomic mass is 10.1. The summed E-state index contributed by atoms with van der Waals surface area (Å²) in [5, 5.41) is 2.82. The summed E-state index contributed by atoms with van der Waals surface area (Å²) in [6, 6.07) is 7.08. The predicted molar refractivity (Wildman–Crippen MR) is 96.6 cm³/mol. The van der Waals surface area contributed by atoms with Crippen LogP contribution in [0.25, 0.3) is 0 Å². The van der Waals surface area contributed by atoms with Crippen LogP contribution in [0.15, 0.2) is 36.7 Å². The molecule has 0 unspecified atom stereocenters. The summed E-state index contributed by atoms with van der Waals surface area (Å²) in [5.41, 5.74) is 2.27. The molecule has 0 aliphatic carbocycles. The van der Waals surface area contributed by atoms with Gasteiger partial charge in [0.1, 0.15) is 5.75 Å². The van der Waals surface area contributed by atoms with Gasteiger partial charge in [0.05, 0.1) is 37.1 Å². The van der Waals surface area contributed by atoms with E-state index in [9.17, 15) is 9.59 Å². The van der Waals surface area contributed by atoms with E-state index in [0.29, 0.717) is 48.9 Å². The van der Waals surface area contributed by atoms with Gasteiger partial charge in [-0.25, -0.2) is 0 Å².